The molecule has 0 aliphatic carbocycles. The third-order valence-corrected chi connectivity index (χ3v) is 5.46. The van der Waals surface area contributed by atoms with E-state index in [9.17, 15) is 9.59 Å². The minimum atomic E-state index is -0.149. The molecule has 0 spiro atoms. The monoisotopic (exact) mass is 383 g/mol. The first-order chi connectivity index (χ1) is 14.2. The molecular formula is C26H25NO2. The number of carbonyl (C=O) groups excluding carboxylic acids is 2. The fourth-order valence-electron chi connectivity index (χ4n) is 3.86. The number of fused-ring (bicyclic) bond motifs is 2. The zero-order valence-corrected chi connectivity index (χ0v) is 16.5. The van der Waals surface area contributed by atoms with Crippen molar-refractivity contribution in [2.24, 2.45) is 0 Å². The van der Waals surface area contributed by atoms with Crippen molar-refractivity contribution in [3.05, 3.63) is 89.5 Å². The molecule has 0 saturated carbocycles. The first-order valence-electron chi connectivity index (χ1n) is 10.3. The van der Waals surface area contributed by atoms with Crippen LogP contribution in [-0.2, 0) is 0 Å². The summed E-state index contributed by atoms with van der Waals surface area (Å²) in [6, 6.07) is 22.0. The number of benzene rings is 3. The number of nitrogens with zero attached hydrogens (tertiary/aromatic N) is 1. The van der Waals surface area contributed by atoms with Gasteiger partial charge < -0.3 is 0 Å². The fourth-order valence-corrected chi connectivity index (χ4v) is 3.86. The van der Waals surface area contributed by atoms with Gasteiger partial charge in [0.15, 0.2) is 0 Å². The molecule has 1 aliphatic rings. The van der Waals surface area contributed by atoms with E-state index >= 15 is 0 Å². The molecule has 0 atom stereocenters. The molecular weight excluding hydrogens is 358 g/mol. The molecule has 1 heterocycles. The lowest BCUT2D eigenvalue weighted by Crippen LogP contribution is -2.30. The smallest absolute Gasteiger partial charge is 0.261 e. The quantitative estimate of drug-likeness (QED) is 0.348. The standard InChI is InChI=1S/C26H25NO2/c28-25-23-14-8-9-15-24(23)26(29)27(25)18-10-4-2-1-3-5-11-20-16-17-21-12-6-7-13-22(21)19-20/h5-9,11-17,19H,1-4,10,18H2/b11-5+. The highest BCUT2D eigenvalue weighted by atomic mass is 16.2. The highest BCUT2D eigenvalue weighted by Gasteiger charge is 2.34. The maximum Gasteiger partial charge on any atom is 0.261 e. The van der Waals surface area contributed by atoms with Crippen molar-refractivity contribution >= 4 is 28.7 Å². The topological polar surface area (TPSA) is 37.4 Å². The summed E-state index contributed by atoms with van der Waals surface area (Å²) in [4.78, 5) is 26.0. The molecule has 0 bridgehead atoms. The molecule has 0 N–H and O–H groups in total. The predicted molar refractivity (Wildman–Crippen MR) is 118 cm³/mol. The van der Waals surface area contributed by atoms with E-state index in [0.29, 0.717) is 17.7 Å². The highest BCUT2D eigenvalue weighted by Crippen LogP contribution is 2.23. The van der Waals surface area contributed by atoms with Gasteiger partial charge in [-0.25, -0.2) is 0 Å². The summed E-state index contributed by atoms with van der Waals surface area (Å²) in [5, 5.41) is 2.53. The van der Waals surface area contributed by atoms with Crippen LogP contribution in [0.4, 0.5) is 0 Å². The number of carbonyl (C=O) groups is 2. The van der Waals surface area contributed by atoms with Crippen molar-refractivity contribution in [1.29, 1.82) is 0 Å². The largest absolute Gasteiger partial charge is 0.274 e. The molecule has 3 heteroatoms. The second kappa shape index (κ2) is 8.87. The molecule has 1 aliphatic heterocycles. The summed E-state index contributed by atoms with van der Waals surface area (Å²) in [5.74, 6) is -0.298. The van der Waals surface area contributed by atoms with Gasteiger partial charge in [-0.3, -0.25) is 14.5 Å². The van der Waals surface area contributed by atoms with Crippen molar-refractivity contribution in [3.8, 4) is 0 Å². The van der Waals surface area contributed by atoms with Crippen LogP contribution in [0, 0.1) is 0 Å². The zero-order chi connectivity index (χ0) is 20.1. The zero-order valence-electron chi connectivity index (χ0n) is 16.5. The van der Waals surface area contributed by atoms with E-state index in [1.807, 2.05) is 0 Å². The maximum absolute atomic E-state index is 12.3. The fraction of sp³-hybridized carbons (Fsp3) is 0.231. The number of allylic oxidation sites excluding steroid dienone is 1. The van der Waals surface area contributed by atoms with Crippen LogP contribution in [0.1, 0.15) is 58.4 Å². The average Bonchev–Trinajstić information content (AvgIpc) is 3.00. The molecule has 2 amide bonds. The molecule has 0 unspecified atom stereocenters. The number of hydrogen-bond donors (Lipinski definition) is 0. The number of imide groups is 1. The molecule has 0 aromatic heterocycles. The Hall–Kier alpha value is -3.20. The van der Waals surface area contributed by atoms with E-state index in [4.69, 9.17) is 0 Å². The Balaban J connectivity index is 1.17. The summed E-state index contributed by atoms with van der Waals surface area (Å²) >= 11 is 0. The molecule has 4 rings (SSSR count). The van der Waals surface area contributed by atoms with Crippen LogP contribution < -0.4 is 0 Å². The van der Waals surface area contributed by atoms with Crippen LogP contribution in [0.3, 0.4) is 0 Å². The van der Waals surface area contributed by atoms with Gasteiger partial charge in [-0.15, -0.1) is 0 Å². The molecule has 3 nitrogen and oxygen atoms in total. The molecule has 0 saturated heterocycles. The summed E-state index contributed by atoms with van der Waals surface area (Å²) in [5.41, 5.74) is 2.31. The Morgan fingerprint density at radius 3 is 2.10 bits per heavy atom. The van der Waals surface area contributed by atoms with Gasteiger partial charge in [0.1, 0.15) is 0 Å². The molecule has 3 aromatic carbocycles. The Kier molecular flexibility index (Phi) is 5.85. The lowest BCUT2D eigenvalue weighted by atomic mass is 10.1. The third-order valence-electron chi connectivity index (χ3n) is 5.46. The van der Waals surface area contributed by atoms with Gasteiger partial charge in [-0.1, -0.05) is 73.5 Å². The van der Waals surface area contributed by atoms with E-state index < -0.39 is 0 Å². The van der Waals surface area contributed by atoms with Gasteiger partial charge in [0.05, 0.1) is 11.1 Å². The second-order valence-corrected chi connectivity index (χ2v) is 7.52. The van der Waals surface area contributed by atoms with Crippen molar-refractivity contribution in [3.63, 3.8) is 0 Å². The first-order valence-corrected chi connectivity index (χ1v) is 10.3. The van der Waals surface area contributed by atoms with E-state index in [2.05, 4.69) is 54.6 Å². The van der Waals surface area contributed by atoms with E-state index in [0.717, 1.165) is 32.1 Å². The minimum absolute atomic E-state index is 0.149. The Labute approximate surface area is 171 Å². The molecule has 0 fully saturated rings. The molecule has 29 heavy (non-hydrogen) atoms. The van der Waals surface area contributed by atoms with Crippen LogP contribution in [-0.4, -0.2) is 23.3 Å². The van der Waals surface area contributed by atoms with Crippen LogP contribution >= 0.6 is 0 Å². The minimum Gasteiger partial charge on any atom is -0.274 e. The number of amides is 2. The summed E-state index contributed by atoms with van der Waals surface area (Å²) in [6.07, 6.45) is 9.56. The number of hydrogen-bond acceptors (Lipinski definition) is 2. The van der Waals surface area contributed by atoms with Gasteiger partial charge in [-0.05, 0) is 53.8 Å². The third kappa shape index (κ3) is 4.29. The SMILES string of the molecule is O=C1c2ccccc2C(=O)N1CCCCCC/C=C/c1ccc2ccccc2c1. The van der Waals surface area contributed by atoms with Gasteiger partial charge in [0.25, 0.3) is 11.8 Å². The van der Waals surface area contributed by atoms with Gasteiger partial charge in [0.2, 0.25) is 0 Å². The Morgan fingerprint density at radius 2 is 1.34 bits per heavy atom. The lowest BCUT2D eigenvalue weighted by Gasteiger charge is -2.13. The number of unbranched alkanes of at least 4 members (excludes halogenated alkanes) is 4. The van der Waals surface area contributed by atoms with Crippen LogP contribution in [0.5, 0.6) is 0 Å². The maximum atomic E-state index is 12.3. The van der Waals surface area contributed by atoms with E-state index in [1.165, 1.54) is 21.2 Å². The molecule has 146 valence electrons. The van der Waals surface area contributed by atoms with Gasteiger partial charge in [0, 0.05) is 6.54 Å². The van der Waals surface area contributed by atoms with Crippen molar-refractivity contribution in [2.75, 3.05) is 6.54 Å². The number of rotatable bonds is 8. The van der Waals surface area contributed by atoms with Crippen LogP contribution in [0.2, 0.25) is 0 Å². The van der Waals surface area contributed by atoms with E-state index in [-0.39, 0.29) is 11.8 Å². The Morgan fingerprint density at radius 1 is 0.690 bits per heavy atom. The van der Waals surface area contributed by atoms with Gasteiger partial charge in [-0.2, -0.15) is 0 Å². The summed E-state index contributed by atoms with van der Waals surface area (Å²) < 4.78 is 0. The van der Waals surface area contributed by atoms with Crippen LogP contribution in [0.25, 0.3) is 16.8 Å². The first kappa shape index (κ1) is 19.1. The summed E-state index contributed by atoms with van der Waals surface area (Å²) in [6.45, 7) is 0.513. The van der Waals surface area contributed by atoms with Crippen LogP contribution in [0.15, 0.2) is 72.8 Å². The molecule has 3 aromatic rings. The predicted octanol–water partition coefficient (Wildman–Crippen LogP) is 6.10. The lowest BCUT2D eigenvalue weighted by molar-refractivity contribution is 0.0651. The average molecular weight is 383 g/mol. The van der Waals surface area contributed by atoms with E-state index in [1.54, 1.807) is 24.3 Å². The highest BCUT2D eigenvalue weighted by molar-refractivity contribution is 6.21. The Bertz CT molecular complexity index is 1030. The molecule has 0 radical (unpaired) electrons. The second-order valence-electron chi connectivity index (χ2n) is 7.52. The van der Waals surface area contributed by atoms with Crippen molar-refractivity contribution < 1.29 is 9.59 Å². The summed E-state index contributed by atoms with van der Waals surface area (Å²) in [7, 11) is 0. The van der Waals surface area contributed by atoms with Gasteiger partial charge >= 0.3 is 0 Å². The normalized spacial score (nSPS) is 13.6. The van der Waals surface area contributed by atoms with Crippen molar-refractivity contribution in [2.45, 2.75) is 32.1 Å². The van der Waals surface area contributed by atoms with Crippen molar-refractivity contribution in [1.82, 2.24) is 4.90 Å².